The average Bonchev–Trinajstić information content (AvgIpc) is 2.22. The van der Waals surface area contributed by atoms with Gasteiger partial charge in [0.05, 0.1) is 11.4 Å². The summed E-state index contributed by atoms with van der Waals surface area (Å²) in [5.41, 5.74) is 0. The van der Waals surface area contributed by atoms with Gasteiger partial charge in [0, 0.05) is 0 Å². The second-order valence-corrected chi connectivity index (χ2v) is 8.09. The average molecular weight is 360 g/mol. The molecule has 2 unspecified atom stereocenters. The Balaban J connectivity index is 4.82. The van der Waals surface area contributed by atoms with Crippen LogP contribution in [-0.2, 0) is 11.3 Å². The Morgan fingerprint density at radius 1 is 1.59 bits per heavy atom. The summed E-state index contributed by atoms with van der Waals surface area (Å²) in [4.78, 5) is -1.07. The fourth-order valence-electron chi connectivity index (χ4n) is 0.906. The van der Waals surface area contributed by atoms with E-state index in [4.69, 9.17) is 56.2 Å². The van der Waals surface area contributed by atoms with Crippen molar-refractivity contribution in [2.45, 2.75) is 27.2 Å². The topological polar surface area (TPSA) is 64.3 Å². The maximum Gasteiger partial charge on any atom is 0.236 e. The molecule has 0 aromatic carbocycles. The molecule has 0 fully saturated rings. The SMILES string of the molecule is CCC(SC(Cl)(Cl)C(Cl)Cl)N(CC#N)S(=O)O. The first-order valence-corrected chi connectivity index (χ1v) is 7.91. The number of nitrogens with zero attached hydrogens (tertiary/aromatic N) is 2. The van der Waals surface area contributed by atoms with Crippen molar-refractivity contribution in [3.05, 3.63) is 0 Å². The largest absolute Gasteiger partial charge is 0.294 e. The van der Waals surface area contributed by atoms with E-state index in [2.05, 4.69) is 0 Å². The molecule has 0 aromatic rings. The summed E-state index contributed by atoms with van der Waals surface area (Å²) in [6.45, 7) is 1.53. The minimum atomic E-state index is -2.29. The highest BCUT2D eigenvalue weighted by Gasteiger charge is 2.38. The van der Waals surface area contributed by atoms with Crippen molar-refractivity contribution in [1.29, 1.82) is 5.26 Å². The molecule has 100 valence electrons. The standard InChI is InChI=1S/C7H10Cl4N2O2S2/c1-2-5(13(4-3-12)17(14)15)16-7(10,11)6(8)9/h5-6H,2,4H2,1H3,(H,14,15). The maximum absolute atomic E-state index is 11.1. The van der Waals surface area contributed by atoms with Gasteiger partial charge in [-0.1, -0.05) is 30.1 Å². The first-order chi connectivity index (χ1) is 7.76. The molecule has 0 amide bonds. The molecule has 1 N–H and O–H groups in total. The smallest absolute Gasteiger partial charge is 0.236 e. The summed E-state index contributed by atoms with van der Waals surface area (Å²) in [5.74, 6) is 0. The molecule has 0 spiro atoms. The molecule has 0 bridgehead atoms. The molecular weight excluding hydrogens is 350 g/mol. The van der Waals surface area contributed by atoms with E-state index in [0.29, 0.717) is 6.42 Å². The summed E-state index contributed by atoms with van der Waals surface area (Å²) in [5, 5.41) is 8.03. The number of hydrogen-bond acceptors (Lipinski definition) is 3. The van der Waals surface area contributed by atoms with E-state index in [1.807, 2.05) is 0 Å². The highest BCUT2D eigenvalue weighted by molar-refractivity contribution is 8.04. The summed E-state index contributed by atoms with van der Waals surface area (Å²) in [6, 6.07) is 1.79. The van der Waals surface area contributed by atoms with Gasteiger partial charge >= 0.3 is 0 Å². The highest BCUT2D eigenvalue weighted by Crippen LogP contribution is 2.46. The number of nitriles is 1. The molecule has 2 atom stereocenters. The predicted octanol–water partition coefficient (Wildman–Crippen LogP) is 3.35. The molecule has 0 aliphatic heterocycles. The second-order valence-electron chi connectivity index (χ2n) is 2.81. The number of alkyl halides is 4. The van der Waals surface area contributed by atoms with Gasteiger partial charge in [-0.2, -0.15) is 9.57 Å². The lowest BCUT2D eigenvalue weighted by Gasteiger charge is -2.30. The highest BCUT2D eigenvalue weighted by atomic mass is 35.5. The van der Waals surface area contributed by atoms with E-state index in [9.17, 15) is 4.21 Å². The van der Waals surface area contributed by atoms with Gasteiger partial charge in [0.2, 0.25) is 11.3 Å². The molecular formula is C7H10Cl4N2O2S2. The Morgan fingerprint density at radius 3 is 2.41 bits per heavy atom. The van der Waals surface area contributed by atoms with Gasteiger partial charge in [0.15, 0.2) is 3.67 Å². The molecule has 0 rings (SSSR count). The molecule has 0 aliphatic carbocycles. The van der Waals surface area contributed by atoms with E-state index in [-0.39, 0.29) is 6.54 Å². The normalized spacial score (nSPS) is 15.9. The van der Waals surface area contributed by atoms with Gasteiger partial charge in [-0.15, -0.1) is 35.0 Å². The van der Waals surface area contributed by atoms with Crippen molar-refractivity contribution in [2.75, 3.05) is 6.54 Å². The van der Waals surface area contributed by atoms with Crippen molar-refractivity contribution in [3.63, 3.8) is 0 Å². The Hall–Kier alpha value is 1.07. The lowest BCUT2D eigenvalue weighted by Crippen LogP contribution is -2.37. The number of rotatable bonds is 7. The van der Waals surface area contributed by atoms with Crippen LogP contribution < -0.4 is 0 Å². The van der Waals surface area contributed by atoms with Gasteiger partial charge in [-0.05, 0) is 6.42 Å². The van der Waals surface area contributed by atoms with Crippen LogP contribution in [0, 0.1) is 11.3 Å². The minimum absolute atomic E-state index is 0.228. The fourth-order valence-corrected chi connectivity index (χ4v) is 3.52. The maximum atomic E-state index is 11.1. The van der Waals surface area contributed by atoms with Crippen LogP contribution in [0.15, 0.2) is 0 Å². The molecule has 0 saturated heterocycles. The van der Waals surface area contributed by atoms with Crippen LogP contribution >= 0.6 is 58.2 Å². The molecule has 10 heteroatoms. The third-order valence-electron chi connectivity index (χ3n) is 1.64. The lowest BCUT2D eigenvalue weighted by atomic mass is 10.5. The van der Waals surface area contributed by atoms with E-state index >= 15 is 0 Å². The molecule has 0 heterocycles. The van der Waals surface area contributed by atoms with Crippen LogP contribution in [0.5, 0.6) is 0 Å². The van der Waals surface area contributed by atoms with Crippen LogP contribution in [0.4, 0.5) is 0 Å². The van der Waals surface area contributed by atoms with Gasteiger partial charge in [-0.3, -0.25) is 4.55 Å². The van der Waals surface area contributed by atoms with Crippen molar-refractivity contribution >= 4 is 69.4 Å². The summed E-state index contributed by atoms with van der Waals surface area (Å²) < 4.78 is 19.7. The Bertz CT molecular complexity index is 311. The minimum Gasteiger partial charge on any atom is -0.294 e. The molecule has 0 saturated carbocycles. The van der Waals surface area contributed by atoms with Crippen LogP contribution in [0.2, 0.25) is 0 Å². The molecule has 17 heavy (non-hydrogen) atoms. The first-order valence-electron chi connectivity index (χ1n) is 4.34. The third kappa shape index (κ3) is 6.17. The van der Waals surface area contributed by atoms with Crippen LogP contribution in [0.25, 0.3) is 0 Å². The number of hydrogen-bond donors (Lipinski definition) is 1. The quantitative estimate of drug-likeness (QED) is 0.327. The van der Waals surface area contributed by atoms with Crippen molar-refractivity contribution in [3.8, 4) is 6.07 Å². The van der Waals surface area contributed by atoms with Gasteiger partial charge in [0.1, 0.15) is 11.4 Å². The van der Waals surface area contributed by atoms with E-state index in [0.717, 1.165) is 16.1 Å². The number of halogens is 4. The predicted molar refractivity (Wildman–Crippen MR) is 74.7 cm³/mol. The number of thioether (sulfide) groups is 1. The van der Waals surface area contributed by atoms with Crippen molar-refractivity contribution < 1.29 is 8.76 Å². The van der Waals surface area contributed by atoms with E-state index < -0.39 is 25.1 Å². The van der Waals surface area contributed by atoms with Crippen molar-refractivity contribution in [1.82, 2.24) is 4.31 Å². The second kappa shape index (κ2) is 8.28. The molecule has 0 aliphatic rings. The van der Waals surface area contributed by atoms with Crippen LogP contribution in [0.1, 0.15) is 13.3 Å². The van der Waals surface area contributed by atoms with E-state index in [1.165, 1.54) is 0 Å². The Labute approximate surface area is 127 Å². The summed E-state index contributed by atoms with van der Waals surface area (Å²) in [6.07, 6.45) is 0.445. The summed E-state index contributed by atoms with van der Waals surface area (Å²) in [7, 11) is 0. The van der Waals surface area contributed by atoms with E-state index in [1.54, 1.807) is 13.0 Å². The third-order valence-corrected chi connectivity index (χ3v) is 6.30. The molecule has 4 nitrogen and oxygen atoms in total. The summed E-state index contributed by atoms with van der Waals surface area (Å²) >= 11 is 21.5. The van der Waals surface area contributed by atoms with Crippen molar-refractivity contribution in [2.24, 2.45) is 0 Å². The molecule has 0 radical (unpaired) electrons. The van der Waals surface area contributed by atoms with Gasteiger partial charge in [-0.25, -0.2) is 4.21 Å². The lowest BCUT2D eigenvalue weighted by molar-refractivity contribution is 0.403. The zero-order chi connectivity index (χ0) is 13.6. The van der Waals surface area contributed by atoms with Gasteiger partial charge < -0.3 is 0 Å². The Kier molecular flexibility index (Phi) is 8.80. The zero-order valence-electron chi connectivity index (χ0n) is 8.65. The fraction of sp³-hybridized carbons (Fsp3) is 0.857. The molecule has 0 aromatic heterocycles. The van der Waals surface area contributed by atoms with Crippen LogP contribution in [-0.4, -0.2) is 33.5 Å². The van der Waals surface area contributed by atoms with Gasteiger partial charge in [0.25, 0.3) is 0 Å². The Morgan fingerprint density at radius 2 is 2.12 bits per heavy atom. The monoisotopic (exact) mass is 358 g/mol. The first kappa shape index (κ1) is 18.1. The zero-order valence-corrected chi connectivity index (χ0v) is 13.3. The van der Waals surface area contributed by atoms with Crippen LogP contribution in [0.3, 0.4) is 0 Å².